The van der Waals surface area contributed by atoms with Gasteiger partial charge in [0.2, 0.25) is 0 Å². The van der Waals surface area contributed by atoms with Gasteiger partial charge in [0.15, 0.2) is 0 Å². The molecule has 0 spiro atoms. The van der Waals surface area contributed by atoms with Gasteiger partial charge in [0.25, 0.3) is 0 Å². The zero-order chi connectivity index (χ0) is 12.4. The number of alkyl halides is 1. The van der Waals surface area contributed by atoms with Crippen molar-refractivity contribution < 1.29 is 0 Å². The van der Waals surface area contributed by atoms with Gasteiger partial charge in [-0.05, 0) is 24.6 Å². The average Bonchev–Trinajstić information content (AvgIpc) is 2.61. The van der Waals surface area contributed by atoms with Gasteiger partial charge in [-0.1, -0.05) is 29.3 Å². The van der Waals surface area contributed by atoms with E-state index in [2.05, 4.69) is 4.98 Å². The van der Waals surface area contributed by atoms with Gasteiger partial charge in [-0.2, -0.15) is 0 Å². The van der Waals surface area contributed by atoms with E-state index in [4.69, 9.17) is 34.8 Å². The van der Waals surface area contributed by atoms with Gasteiger partial charge in [-0.15, -0.1) is 22.9 Å². The highest BCUT2D eigenvalue weighted by Crippen LogP contribution is 2.38. The van der Waals surface area contributed by atoms with Gasteiger partial charge in [0, 0.05) is 23.9 Å². The molecule has 2 aromatic heterocycles. The molecule has 0 amide bonds. The van der Waals surface area contributed by atoms with E-state index < -0.39 is 0 Å². The normalized spacial score (nSPS) is 12.7. The third kappa shape index (κ3) is 3.35. The highest BCUT2D eigenvalue weighted by molar-refractivity contribution is 7.20. The lowest BCUT2D eigenvalue weighted by molar-refractivity contribution is 0.883. The lowest BCUT2D eigenvalue weighted by Crippen LogP contribution is -1.97. The zero-order valence-corrected chi connectivity index (χ0v) is 12.2. The maximum Gasteiger partial charge on any atom is 0.0991 e. The van der Waals surface area contributed by atoms with Gasteiger partial charge >= 0.3 is 0 Å². The molecule has 0 N–H and O–H groups in total. The maximum absolute atomic E-state index is 6.32. The van der Waals surface area contributed by atoms with Crippen LogP contribution in [0, 0.1) is 6.92 Å². The van der Waals surface area contributed by atoms with Crippen LogP contribution in [0.3, 0.4) is 0 Å². The van der Waals surface area contributed by atoms with E-state index in [1.54, 1.807) is 0 Å². The van der Waals surface area contributed by atoms with Crippen molar-refractivity contribution in [1.82, 2.24) is 4.98 Å². The Labute approximate surface area is 119 Å². The van der Waals surface area contributed by atoms with Gasteiger partial charge in [-0.25, -0.2) is 0 Å². The molecule has 0 aliphatic heterocycles. The van der Waals surface area contributed by atoms with E-state index in [1.807, 2.05) is 31.3 Å². The number of pyridine rings is 1. The molecule has 0 radical (unpaired) electrons. The van der Waals surface area contributed by atoms with E-state index in [0.717, 1.165) is 16.8 Å². The highest BCUT2D eigenvalue weighted by atomic mass is 35.5. The Morgan fingerprint density at radius 2 is 2.12 bits per heavy atom. The molecule has 1 atom stereocenters. The summed E-state index contributed by atoms with van der Waals surface area (Å²) in [6, 6.07) is 5.82. The first-order valence-corrected chi connectivity index (χ1v) is 7.07. The summed E-state index contributed by atoms with van der Waals surface area (Å²) in [5.74, 6) is 0. The predicted molar refractivity (Wildman–Crippen MR) is 75.6 cm³/mol. The number of hydrogen-bond donors (Lipinski definition) is 0. The second-order valence-corrected chi connectivity index (χ2v) is 6.59. The highest BCUT2D eigenvalue weighted by Gasteiger charge is 2.16. The summed E-state index contributed by atoms with van der Waals surface area (Å²) < 4.78 is 1.31. The number of hydrogen-bond acceptors (Lipinski definition) is 2. The monoisotopic (exact) mass is 305 g/mol. The molecule has 2 aromatic rings. The summed E-state index contributed by atoms with van der Waals surface area (Å²) in [4.78, 5) is 4.32. The predicted octanol–water partition coefficient (Wildman–Crippen LogP) is 5.28. The molecule has 1 unspecified atom stereocenters. The van der Waals surface area contributed by atoms with E-state index in [0.29, 0.717) is 15.1 Å². The molecule has 2 heterocycles. The third-order valence-corrected chi connectivity index (χ3v) is 4.29. The van der Waals surface area contributed by atoms with Crippen molar-refractivity contribution in [2.45, 2.75) is 18.7 Å². The molecule has 0 aromatic carbocycles. The van der Waals surface area contributed by atoms with E-state index in [-0.39, 0.29) is 5.38 Å². The van der Waals surface area contributed by atoms with Crippen LogP contribution in [0.5, 0.6) is 0 Å². The summed E-state index contributed by atoms with van der Waals surface area (Å²) in [7, 11) is 0. The van der Waals surface area contributed by atoms with Crippen LogP contribution in [0.1, 0.15) is 22.2 Å². The number of rotatable bonds is 3. The van der Waals surface area contributed by atoms with E-state index in [9.17, 15) is 0 Å². The van der Waals surface area contributed by atoms with Crippen LogP contribution in [-0.2, 0) is 6.42 Å². The minimum atomic E-state index is -0.193. The smallest absolute Gasteiger partial charge is 0.0991 e. The van der Waals surface area contributed by atoms with Crippen molar-refractivity contribution >= 4 is 46.1 Å². The van der Waals surface area contributed by atoms with Crippen molar-refractivity contribution in [3.8, 4) is 0 Å². The molecule has 0 aliphatic carbocycles. The van der Waals surface area contributed by atoms with Crippen LogP contribution in [-0.4, -0.2) is 4.98 Å². The van der Waals surface area contributed by atoms with E-state index >= 15 is 0 Å². The molecule has 90 valence electrons. The summed E-state index contributed by atoms with van der Waals surface area (Å²) in [5, 5.41) is -0.193. The molecule has 0 aliphatic rings. The fourth-order valence-electron chi connectivity index (χ4n) is 1.48. The lowest BCUT2D eigenvalue weighted by atomic mass is 10.1. The maximum atomic E-state index is 6.32. The van der Waals surface area contributed by atoms with Gasteiger partial charge in [-0.3, -0.25) is 4.98 Å². The van der Waals surface area contributed by atoms with Crippen LogP contribution < -0.4 is 0 Å². The molecule has 5 heteroatoms. The molecular weight excluding hydrogens is 297 g/mol. The van der Waals surface area contributed by atoms with Gasteiger partial charge in [0.1, 0.15) is 0 Å². The van der Waals surface area contributed by atoms with Crippen molar-refractivity contribution in [3.63, 3.8) is 0 Å². The number of aryl methyl sites for hydroxylation is 1. The van der Waals surface area contributed by atoms with Crippen molar-refractivity contribution in [2.24, 2.45) is 0 Å². The van der Waals surface area contributed by atoms with Gasteiger partial charge < -0.3 is 0 Å². The minimum absolute atomic E-state index is 0.193. The van der Waals surface area contributed by atoms with Gasteiger partial charge in [0.05, 0.1) is 14.0 Å². The number of thiophene rings is 1. The third-order valence-electron chi connectivity index (χ3n) is 2.38. The molecule has 1 nitrogen and oxygen atoms in total. The minimum Gasteiger partial charge on any atom is -0.261 e. The Bertz CT molecular complexity index is 507. The average molecular weight is 307 g/mol. The second-order valence-electron chi connectivity index (χ2n) is 3.78. The fraction of sp³-hybridized carbons (Fsp3) is 0.250. The summed E-state index contributed by atoms with van der Waals surface area (Å²) in [6.45, 7) is 2.00. The number of aromatic nitrogens is 1. The summed E-state index contributed by atoms with van der Waals surface area (Å²) >= 11 is 19.6. The number of nitrogens with zero attached hydrogens (tertiary/aromatic N) is 1. The Morgan fingerprint density at radius 3 is 2.65 bits per heavy atom. The second kappa shape index (κ2) is 5.57. The lowest BCUT2D eigenvalue weighted by Gasteiger charge is -2.08. The molecule has 0 fully saturated rings. The Morgan fingerprint density at radius 1 is 1.35 bits per heavy atom. The molecular formula is C12H10Cl3NS. The van der Waals surface area contributed by atoms with Crippen LogP contribution in [0.2, 0.25) is 8.67 Å². The first-order chi connectivity index (χ1) is 8.06. The Kier molecular flexibility index (Phi) is 4.31. The Balaban J connectivity index is 2.14. The van der Waals surface area contributed by atoms with Crippen LogP contribution >= 0.6 is 46.1 Å². The SMILES string of the molecule is Cc1ccc(CC(Cl)c2cc(Cl)sc2Cl)nc1. The fourth-order valence-corrected chi connectivity index (χ4v) is 3.51. The van der Waals surface area contributed by atoms with Crippen LogP contribution in [0.4, 0.5) is 0 Å². The molecule has 0 bridgehead atoms. The first kappa shape index (κ1) is 13.2. The topological polar surface area (TPSA) is 12.9 Å². The first-order valence-electron chi connectivity index (χ1n) is 5.06. The van der Waals surface area contributed by atoms with Crippen molar-refractivity contribution in [2.75, 3.05) is 0 Å². The summed E-state index contributed by atoms with van der Waals surface area (Å²) in [6.07, 6.45) is 2.48. The largest absolute Gasteiger partial charge is 0.261 e. The van der Waals surface area contributed by atoms with Crippen LogP contribution in [0.25, 0.3) is 0 Å². The molecule has 2 rings (SSSR count). The number of halogens is 3. The zero-order valence-electron chi connectivity index (χ0n) is 9.08. The molecule has 0 saturated heterocycles. The Hall–Kier alpha value is -0.280. The quantitative estimate of drug-likeness (QED) is 0.703. The standard InChI is InChI=1S/C12H10Cl3NS/c1-7-2-3-8(16-6-7)4-10(13)9-5-11(14)17-12(9)15/h2-3,5-6,10H,4H2,1H3. The summed E-state index contributed by atoms with van der Waals surface area (Å²) in [5.41, 5.74) is 2.97. The van der Waals surface area contributed by atoms with E-state index in [1.165, 1.54) is 11.3 Å². The molecule has 0 saturated carbocycles. The van der Waals surface area contributed by atoms with Crippen LogP contribution in [0.15, 0.2) is 24.4 Å². The van der Waals surface area contributed by atoms with Crippen molar-refractivity contribution in [3.05, 3.63) is 49.9 Å². The molecule has 17 heavy (non-hydrogen) atoms. The van der Waals surface area contributed by atoms with Crippen molar-refractivity contribution in [1.29, 1.82) is 0 Å².